The SMILES string of the molecule is Cn1cc(CS(=O)(=O)c2ccccc2Cl)cn1. The van der Waals surface area contributed by atoms with Crippen LogP contribution in [0.15, 0.2) is 41.6 Å². The van der Waals surface area contributed by atoms with Crippen molar-refractivity contribution in [3.8, 4) is 0 Å². The maximum absolute atomic E-state index is 12.1. The van der Waals surface area contributed by atoms with Gasteiger partial charge in [0.1, 0.15) is 0 Å². The third kappa shape index (κ3) is 2.68. The van der Waals surface area contributed by atoms with Crippen LogP contribution in [0.4, 0.5) is 0 Å². The highest BCUT2D eigenvalue weighted by Crippen LogP contribution is 2.23. The van der Waals surface area contributed by atoms with Crippen LogP contribution in [0, 0.1) is 0 Å². The Hall–Kier alpha value is -1.33. The second-order valence-electron chi connectivity index (χ2n) is 3.71. The molecular weight excluding hydrogens is 260 g/mol. The van der Waals surface area contributed by atoms with Crippen LogP contribution in [0.25, 0.3) is 0 Å². The van der Waals surface area contributed by atoms with E-state index in [4.69, 9.17) is 11.6 Å². The lowest BCUT2D eigenvalue weighted by molar-refractivity contribution is 0.595. The van der Waals surface area contributed by atoms with Gasteiger partial charge >= 0.3 is 0 Å². The van der Waals surface area contributed by atoms with Crippen LogP contribution in [-0.4, -0.2) is 18.2 Å². The lowest BCUT2D eigenvalue weighted by Crippen LogP contribution is -2.05. The molecule has 4 nitrogen and oxygen atoms in total. The molecule has 0 N–H and O–H groups in total. The smallest absolute Gasteiger partial charge is 0.184 e. The van der Waals surface area contributed by atoms with Crippen molar-refractivity contribution in [2.24, 2.45) is 7.05 Å². The van der Waals surface area contributed by atoms with Crippen molar-refractivity contribution in [3.63, 3.8) is 0 Å². The molecule has 0 saturated heterocycles. The maximum atomic E-state index is 12.1. The maximum Gasteiger partial charge on any atom is 0.184 e. The molecule has 17 heavy (non-hydrogen) atoms. The lowest BCUT2D eigenvalue weighted by Gasteiger charge is -2.04. The van der Waals surface area contributed by atoms with E-state index in [1.54, 1.807) is 36.1 Å². The minimum absolute atomic E-state index is 0.0927. The normalized spacial score (nSPS) is 11.6. The molecule has 1 aromatic heterocycles. The van der Waals surface area contributed by atoms with Crippen molar-refractivity contribution in [2.45, 2.75) is 10.6 Å². The zero-order valence-corrected chi connectivity index (χ0v) is 10.7. The van der Waals surface area contributed by atoms with Gasteiger partial charge in [0.15, 0.2) is 9.84 Å². The number of aryl methyl sites for hydroxylation is 1. The van der Waals surface area contributed by atoms with Gasteiger partial charge < -0.3 is 0 Å². The van der Waals surface area contributed by atoms with E-state index in [0.717, 1.165) is 0 Å². The molecule has 0 saturated carbocycles. The van der Waals surface area contributed by atoms with Crippen LogP contribution in [0.1, 0.15) is 5.56 Å². The summed E-state index contributed by atoms with van der Waals surface area (Å²) in [4.78, 5) is 0.158. The Balaban J connectivity index is 2.35. The van der Waals surface area contributed by atoms with E-state index in [1.165, 1.54) is 12.3 Å². The second-order valence-corrected chi connectivity index (χ2v) is 6.08. The molecule has 0 unspecified atom stereocenters. The van der Waals surface area contributed by atoms with E-state index in [9.17, 15) is 8.42 Å². The zero-order valence-electron chi connectivity index (χ0n) is 9.17. The average Bonchev–Trinajstić information content (AvgIpc) is 2.63. The molecule has 0 aliphatic rings. The van der Waals surface area contributed by atoms with Gasteiger partial charge in [-0.05, 0) is 12.1 Å². The summed E-state index contributed by atoms with van der Waals surface area (Å²) in [5.41, 5.74) is 0.646. The molecule has 0 amide bonds. The third-order valence-corrected chi connectivity index (χ3v) is 4.47. The first-order valence-electron chi connectivity index (χ1n) is 4.94. The van der Waals surface area contributed by atoms with E-state index < -0.39 is 9.84 Å². The first kappa shape index (κ1) is 12.1. The summed E-state index contributed by atoms with van der Waals surface area (Å²) in [5, 5.41) is 4.18. The molecule has 0 aliphatic carbocycles. The summed E-state index contributed by atoms with van der Waals surface area (Å²) in [6.07, 6.45) is 3.21. The molecule has 2 aromatic rings. The van der Waals surface area contributed by atoms with Crippen molar-refractivity contribution in [3.05, 3.63) is 47.2 Å². The molecule has 0 radical (unpaired) electrons. The van der Waals surface area contributed by atoms with Gasteiger partial charge in [-0.15, -0.1) is 0 Å². The summed E-state index contributed by atoms with van der Waals surface area (Å²) < 4.78 is 25.8. The number of rotatable bonds is 3. The van der Waals surface area contributed by atoms with Crippen LogP contribution in [0.3, 0.4) is 0 Å². The average molecular weight is 271 g/mol. The predicted octanol–water partition coefficient (Wildman–Crippen LogP) is 2.05. The summed E-state index contributed by atoms with van der Waals surface area (Å²) >= 11 is 5.88. The van der Waals surface area contributed by atoms with Crippen LogP contribution < -0.4 is 0 Å². The third-order valence-electron chi connectivity index (χ3n) is 2.29. The fraction of sp³-hybridized carbons (Fsp3) is 0.182. The number of aromatic nitrogens is 2. The van der Waals surface area contributed by atoms with Crippen LogP contribution >= 0.6 is 11.6 Å². The summed E-state index contributed by atoms with van der Waals surface area (Å²) in [6, 6.07) is 6.43. The van der Waals surface area contributed by atoms with Gasteiger partial charge in [-0.25, -0.2) is 8.42 Å². The second kappa shape index (κ2) is 4.50. The van der Waals surface area contributed by atoms with Gasteiger partial charge in [0.25, 0.3) is 0 Å². The summed E-state index contributed by atoms with van der Waals surface area (Å²) in [5.74, 6) is -0.0927. The van der Waals surface area contributed by atoms with E-state index in [1.807, 2.05) is 0 Å². The topological polar surface area (TPSA) is 52.0 Å². The molecule has 90 valence electrons. The van der Waals surface area contributed by atoms with Crippen LogP contribution in [-0.2, 0) is 22.6 Å². The number of sulfone groups is 1. The van der Waals surface area contributed by atoms with Gasteiger partial charge in [-0.2, -0.15) is 5.10 Å². The molecule has 1 heterocycles. The zero-order chi connectivity index (χ0) is 12.5. The highest BCUT2D eigenvalue weighted by Gasteiger charge is 2.18. The van der Waals surface area contributed by atoms with Crippen LogP contribution in [0.5, 0.6) is 0 Å². The summed E-state index contributed by atoms with van der Waals surface area (Å²) in [7, 11) is -1.67. The molecule has 6 heteroatoms. The first-order valence-corrected chi connectivity index (χ1v) is 6.97. The van der Waals surface area contributed by atoms with Crippen molar-refractivity contribution >= 4 is 21.4 Å². The van der Waals surface area contributed by atoms with Crippen molar-refractivity contribution in [1.29, 1.82) is 0 Å². The van der Waals surface area contributed by atoms with Crippen molar-refractivity contribution in [1.82, 2.24) is 9.78 Å². The fourth-order valence-electron chi connectivity index (χ4n) is 1.54. The fourth-order valence-corrected chi connectivity index (χ4v) is 3.42. The van der Waals surface area contributed by atoms with Crippen LogP contribution in [0.2, 0.25) is 5.02 Å². The predicted molar refractivity (Wildman–Crippen MR) is 65.5 cm³/mol. The van der Waals surface area contributed by atoms with Gasteiger partial charge in [0.05, 0.1) is 21.9 Å². The minimum Gasteiger partial charge on any atom is -0.276 e. The molecule has 2 rings (SSSR count). The molecule has 0 atom stereocenters. The van der Waals surface area contributed by atoms with Gasteiger partial charge in [0.2, 0.25) is 0 Å². The largest absolute Gasteiger partial charge is 0.276 e. The molecule has 0 bridgehead atoms. The Labute approximate surface area is 105 Å². The van der Waals surface area contributed by atoms with E-state index in [2.05, 4.69) is 5.10 Å². The Morgan fingerprint density at radius 3 is 2.65 bits per heavy atom. The number of nitrogens with zero attached hydrogens (tertiary/aromatic N) is 2. The number of hydrogen-bond donors (Lipinski definition) is 0. The van der Waals surface area contributed by atoms with E-state index in [-0.39, 0.29) is 15.7 Å². The van der Waals surface area contributed by atoms with Gasteiger partial charge in [0, 0.05) is 18.8 Å². The quantitative estimate of drug-likeness (QED) is 0.858. The van der Waals surface area contributed by atoms with Crippen molar-refractivity contribution in [2.75, 3.05) is 0 Å². The molecule has 0 aliphatic heterocycles. The van der Waals surface area contributed by atoms with Crippen molar-refractivity contribution < 1.29 is 8.42 Å². The van der Waals surface area contributed by atoms with Gasteiger partial charge in [-0.3, -0.25) is 4.68 Å². The standard InChI is InChI=1S/C11H11ClN2O2S/c1-14-7-9(6-13-14)8-17(15,16)11-5-3-2-4-10(11)12/h2-7H,8H2,1H3. The highest BCUT2D eigenvalue weighted by molar-refractivity contribution is 7.90. The van der Waals surface area contributed by atoms with E-state index >= 15 is 0 Å². The monoisotopic (exact) mass is 270 g/mol. The summed E-state index contributed by atoms with van der Waals surface area (Å²) in [6.45, 7) is 0. The molecule has 0 spiro atoms. The Morgan fingerprint density at radius 2 is 2.06 bits per heavy atom. The number of halogens is 1. The Morgan fingerprint density at radius 1 is 1.35 bits per heavy atom. The lowest BCUT2D eigenvalue weighted by atomic mass is 10.4. The Kier molecular flexibility index (Phi) is 3.22. The Bertz CT molecular complexity index is 634. The molecule has 1 aromatic carbocycles. The molecule has 0 fully saturated rings. The number of hydrogen-bond acceptors (Lipinski definition) is 3. The molecular formula is C11H11ClN2O2S. The number of benzene rings is 1. The minimum atomic E-state index is -3.42. The van der Waals surface area contributed by atoms with Gasteiger partial charge in [-0.1, -0.05) is 23.7 Å². The highest BCUT2D eigenvalue weighted by atomic mass is 35.5. The first-order chi connectivity index (χ1) is 7.99. The van der Waals surface area contributed by atoms with E-state index in [0.29, 0.717) is 5.56 Å².